The van der Waals surface area contributed by atoms with Gasteiger partial charge in [0.25, 0.3) is 5.91 Å². The maximum absolute atomic E-state index is 12.6. The second-order valence-electron chi connectivity index (χ2n) is 5.32. The van der Waals surface area contributed by atoms with E-state index in [0.29, 0.717) is 30.3 Å². The molecule has 2 aromatic rings. The van der Waals surface area contributed by atoms with Gasteiger partial charge in [-0.15, -0.1) is 11.8 Å². The van der Waals surface area contributed by atoms with Crippen molar-refractivity contribution in [3.05, 3.63) is 58.2 Å². The van der Waals surface area contributed by atoms with Crippen LogP contribution in [0.1, 0.15) is 29.8 Å². The van der Waals surface area contributed by atoms with Crippen LogP contribution in [0.5, 0.6) is 0 Å². The van der Waals surface area contributed by atoms with Gasteiger partial charge in [-0.1, -0.05) is 28.1 Å². The summed E-state index contributed by atoms with van der Waals surface area (Å²) in [6, 6.07) is 11.6. The van der Waals surface area contributed by atoms with Crippen molar-refractivity contribution in [3.8, 4) is 0 Å². The molecule has 2 rings (SSSR count). The van der Waals surface area contributed by atoms with E-state index < -0.39 is 6.29 Å². The second kappa shape index (κ2) is 11.3. The maximum Gasteiger partial charge on any atom is 0.254 e. The number of amides is 1. The van der Waals surface area contributed by atoms with Crippen molar-refractivity contribution in [2.45, 2.75) is 30.9 Å². The quantitative estimate of drug-likeness (QED) is 0.443. The minimum atomic E-state index is -0.441. The monoisotopic (exact) mass is 438 g/mol. The zero-order chi connectivity index (χ0) is 18.8. The first kappa shape index (κ1) is 20.9. The smallest absolute Gasteiger partial charge is 0.254 e. The number of ether oxygens (including phenoxy) is 2. The first-order chi connectivity index (χ1) is 12.6. The Bertz CT molecular complexity index is 709. The van der Waals surface area contributed by atoms with E-state index >= 15 is 0 Å². The molecule has 0 aliphatic rings. The zero-order valence-corrected chi connectivity index (χ0v) is 17.3. The lowest BCUT2D eigenvalue weighted by Crippen LogP contribution is -2.35. The van der Waals surface area contributed by atoms with Gasteiger partial charge in [0.15, 0.2) is 6.29 Å². The summed E-state index contributed by atoms with van der Waals surface area (Å²) in [4.78, 5) is 16.9. The van der Waals surface area contributed by atoms with Crippen LogP contribution in [0.3, 0.4) is 0 Å². The summed E-state index contributed by atoms with van der Waals surface area (Å²) in [5, 5.41) is 3.57. The fraction of sp³-hybridized carbons (Fsp3) is 0.368. The number of nitrogens with one attached hydrogen (secondary N) is 1. The number of carbonyl (C=O) groups excluding carboxylic acids is 1. The molecule has 0 spiro atoms. The Labute approximate surface area is 167 Å². The average Bonchev–Trinajstić information content (AvgIpc) is 2.65. The fourth-order valence-electron chi connectivity index (χ4n) is 2.27. The predicted molar refractivity (Wildman–Crippen MR) is 107 cm³/mol. The summed E-state index contributed by atoms with van der Waals surface area (Å²) in [6.45, 7) is 5.14. The van der Waals surface area contributed by atoms with Crippen molar-refractivity contribution in [1.82, 2.24) is 10.3 Å². The summed E-state index contributed by atoms with van der Waals surface area (Å²) in [5.41, 5.74) is 1.72. The third kappa shape index (κ3) is 6.72. The van der Waals surface area contributed by atoms with Gasteiger partial charge in [-0.2, -0.15) is 0 Å². The zero-order valence-electron chi connectivity index (χ0n) is 14.9. The first-order valence-electron chi connectivity index (χ1n) is 8.47. The standard InChI is InChI=1S/C19H23BrN2O3S/c1-3-24-17(25-4-2)12-22-18(23)16-9-6-10-21-19(16)26-13-14-7-5-8-15(20)11-14/h5-11,17H,3-4,12-13H2,1-2H3,(H,22,23). The van der Waals surface area contributed by atoms with Gasteiger partial charge >= 0.3 is 0 Å². The Morgan fingerprint density at radius 1 is 1.23 bits per heavy atom. The van der Waals surface area contributed by atoms with Gasteiger partial charge < -0.3 is 14.8 Å². The molecule has 0 aliphatic carbocycles. The highest BCUT2D eigenvalue weighted by Crippen LogP contribution is 2.25. The number of rotatable bonds is 10. The SMILES string of the molecule is CCOC(CNC(=O)c1cccnc1SCc1cccc(Br)c1)OCC. The molecule has 5 nitrogen and oxygen atoms in total. The Morgan fingerprint density at radius 3 is 2.69 bits per heavy atom. The molecule has 0 radical (unpaired) electrons. The van der Waals surface area contributed by atoms with Gasteiger partial charge in [-0.05, 0) is 43.7 Å². The lowest BCUT2D eigenvalue weighted by Gasteiger charge is -2.17. The molecule has 7 heteroatoms. The molecule has 1 aromatic heterocycles. The minimum Gasteiger partial charge on any atom is -0.351 e. The number of thioether (sulfide) groups is 1. The molecule has 0 fully saturated rings. The molecule has 0 saturated heterocycles. The van der Waals surface area contributed by atoms with Crippen LogP contribution in [0, 0.1) is 0 Å². The van der Waals surface area contributed by atoms with E-state index in [1.165, 1.54) is 11.8 Å². The highest BCUT2D eigenvalue weighted by atomic mass is 79.9. The highest BCUT2D eigenvalue weighted by molar-refractivity contribution is 9.10. The van der Waals surface area contributed by atoms with E-state index in [2.05, 4.69) is 38.4 Å². The van der Waals surface area contributed by atoms with Gasteiger partial charge in [0, 0.05) is 29.6 Å². The predicted octanol–water partition coefficient (Wildman–Crippen LogP) is 4.27. The number of halogens is 1. The molecule has 26 heavy (non-hydrogen) atoms. The van der Waals surface area contributed by atoms with E-state index in [4.69, 9.17) is 9.47 Å². The number of pyridine rings is 1. The Hall–Kier alpha value is -1.41. The van der Waals surface area contributed by atoms with E-state index in [-0.39, 0.29) is 5.91 Å². The van der Waals surface area contributed by atoms with Gasteiger partial charge in [-0.3, -0.25) is 4.79 Å². The van der Waals surface area contributed by atoms with Crippen molar-refractivity contribution in [2.75, 3.05) is 19.8 Å². The number of aromatic nitrogens is 1. The van der Waals surface area contributed by atoms with Gasteiger partial charge in [0.2, 0.25) is 0 Å². The normalized spacial score (nSPS) is 10.9. The van der Waals surface area contributed by atoms with Crippen molar-refractivity contribution < 1.29 is 14.3 Å². The van der Waals surface area contributed by atoms with Crippen LogP contribution >= 0.6 is 27.7 Å². The minimum absolute atomic E-state index is 0.181. The largest absolute Gasteiger partial charge is 0.351 e. The van der Waals surface area contributed by atoms with E-state index in [1.807, 2.05) is 26.0 Å². The topological polar surface area (TPSA) is 60.5 Å². The molecule has 1 heterocycles. The third-order valence-corrected chi connectivity index (χ3v) is 4.98. The number of nitrogens with zero attached hydrogens (tertiary/aromatic N) is 1. The third-order valence-electron chi connectivity index (χ3n) is 3.41. The van der Waals surface area contributed by atoms with E-state index in [0.717, 1.165) is 15.8 Å². The molecule has 140 valence electrons. The number of carbonyl (C=O) groups is 1. The molecule has 0 atom stereocenters. The number of benzene rings is 1. The van der Waals surface area contributed by atoms with Crippen molar-refractivity contribution in [2.24, 2.45) is 0 Å². The van der Waals surface area contributed by atoms with Crippen LogP contribution in [0.2, 0.25) is 0 Å². The lowest BCUT2D eigenvalue weighted by atomic mass is 10.2. The summed E-state index contributed by atoms with van der Waals surface area (Å²) in [6.07, 6.45) is 1.26. The average molecular weight is 439 g/mol. The van der Waals surface area contributed by atoms with Crippen LogP contribution < -0.4 is 5.32 Å². The van der Waals surface area contributed by atoms with E-state index in [9.17, 15) is 4.79 Å². The molecule has 0 saturated carbocycles. The Morgan fingerprint density at radius 2 is 2.00 bits per heavy atom. The van der Waals surface area contributed by atoms with Gasteiger partial charge in [0.1, 0.15) is 5.03 Å². The summed E-state index contributed by atoms with van der Waals surface area (Å²) in [5.74, 6) is 0.552. The van der Waals surface area contributed by atoms with Crippen LogP contribution in [0.25, 0.3) is 0 Å². The maximum atomic E-state index is 12.6. The Kier molecular flexibility index (Phi) is 9.11. The van der Waals surface area contributed by atoms with Gasteiger partial charge in [0.05, 0.1) is 12.1 Å². The van der Waals surface area contributed by atoms with Crippen molar-refractivity contribution in [1.29, 1.82) is 0 Å². The molecule has 1 aromatic carbocycles. The van der Waals surface area contributed by atoms with Gasteiger partial charge in [-0.25, -0.2) is 4.98 Å². The van der Waals surface area contributed by atoms with E-state index in [1.54, 1.807) is 18.3 Å². The highest BCUT2D eigenvalue weighted by Gasteiger charge is 2.15. The number of hydrogen-bond acceptors (Lipinski definition) is 5. The fourth-order valence-corrected chi connectivity index (χ4v) is 3.65. The van der Waals surface area contributed by atoms with Crippen LogP contribution in [0.15, 0.2) is 52.1 Å². The molecule has 0 bridgehead atoms. The summed E-state index contributed by atoms with van der Waals surface area (Å²) >= 11 is 5.01. The molecular formula is C19H23BrN2O3S. The molecule has 0 aliphatic heterocycles. The van der Waals surface area contributed by atoms with Crippen LogP contribution in [-0.4, -0.2) is 36.9 Å². The molecule has 1 N–H and O–H groups in total. The van der Waals surface area contributed by atoms with Crippen LogP contribution in [-0.2, 0) is 15.2 Å². The number of hydrogen-bond donors (Lipinski definition) is 1. The van der Waals surface area contributed by atoms with Crippen molar-refractivity contribution in [3.63, 3.8) is 0 Å². The summed E-state index contributed by atoms with van der Waals surface area (Å²) in [7, 11) is 0. The molecule has 1 amide bonds. The van der Waals surface area contributed by atoms with Crippen molar-refractivity contribution >= 4 is 33.6 Å². The first-order valence-corrected chi connectivity index (χ1v) is 10.3. The van der Waals surface area contributed by atoms with Crippen LogP contribution in [0.4, 0.5) is 0 Å². The Balaban J connectivity index is 1.99. The molecular weight excluding hydrogens is 416 g/mol. The second-order valence-corrected chi connectivity index (χ2v) is 7.20. The lowest BCUT2D eigenvalue weighted by molar-refractivity contribution is -0.131. The summed E-state index contributed by atoms with van der Waals surface area (Å²) < 4.78 is 11.9. The molecule has 0 unspecified atom stereocenters.